The number of aliphatic hydroxyl groups excluding tert-OH is 1. The number of aliphatic hydroxyl groups is 1. The summed E-state index contributed by atoms with van der Waals surface area (Å²) < 4.78 is 27.4. The first kappa shape index (κ1) is 14.4. The smallest absolute Gasteiger partial charge is 0.353 e. The summed E-state index contributed by atoms with van der Waals surface area (Å²) in [6.45, 7) is 1.87. The van der Waals surface area contributed by atoms with Crippen LogP contribution in [0.5, 0.6) is 0 Å². The number of hydrogen-bond donors (Lipinski definition) is 3. The van der Waals surface area contributed by atoms with Crippen molar-refractivity contribution in [3.63, 3.8) is 0 Å². The molecule has 1 atom stereocenters. The van der Waals surface area contributed by atoms with Crippen LogP contribution < -0.4 is 11.1 Å². The lowest BCUT2D eigenvalue weighted by molar-refractivity contribution is -0.164. The van der Waals surface area contributed by atoms with Crippen molar-refractivity contribution in [2.75, 3.05) is 12.3 Å². The molecular formula is C12H16F2N2O2. The standard InChI is InChI=1S/C12H16F2N2O2/c1-2-7-16-11(18)12(13,14)10(17)8-5-3-4-6-9(8)15/h3-6,10,17H,2,7,15H2,1H3,(H,16,18). The van der Waals surface area contributed by atoms with Gasteiger partial charge < -0.3 is 16.2 Å². The molecule has 1 unspecified atom stereocenters. The molecule has 0 aliphatic carbocycles. The van der Waals surface area contributed by atoms with Crippen molar-refractivity contribution < 1.29 is 18.7 Å². The fraction of sp³-hybridized carbons (Fsp3) is 0.417. The summed E-state index contributed by atoms with van der Waals surface area (Å²) in [6, 6.07) is 5.68. The molecule has 0 radical (unpaired) electrons. The van der Waals surface area contributed by atoms with Crippen LogP contribution in [0.15, 0.2) is 24.3 Å². The van der Waals surface area contributed by atoms with Crippen molar-refractivity contribution in [1.29, 1.82) is 0 Å². The quantitative estimate of drug-likeness (QED) is 0.700. The number of amides is 1. The number of hydrogen-bond acceptors (Lipinski definition) is 3. The van der Waals surface area contributed by atoms with Gasteiger partial charge in [-0.1, -0.05) is 25.1 Å². The minimum atomic E-state index is -3.91. The summed E-state index contributed by atoms with van der Waals surface area (Å²) in [6.07, 6.45) is -1.72. The van der Waals surface area contributed by atoms with Crippen LogP contribution in [-0.4, -0.2) is 23.5 Å². The third-order valence-corrected chi connectivity index (χ3v) is 2.47. The van der Waals surface area contributed by atoms with Gasteiger partial charge in [0.15, 0.2) is 6.10 Å². The number of carbonyl (C=O) groups excluding carboxylic acids is 1. The number of nitrogen functional groups attached to an aromatic ring is 1. The first-order chi connectivity index (χ1) is 8.41. The number of anilines is 1. The first-order valence-corrected chi connectivity index (χ1v) is 5.59. The Bertz CT molecular complexity index is 424. The molecule has 18 heavy (non-hydrogen) atoms. The lowest BCUT2D eigenvalue weighted by atomic mass is 10.0. The van der Waals surface area contributed by atoms with Gasteiger partial charge in [-0.2, -0.15) is 8.78 Å². The van der Waals surface area contributed by atoms with Crippen LogP contribution in [0.4, 0.5) is 14.5 Å². The van der Waals surface area contributed by atoms with E-state index in [0.717, 1.165) is 0 Å². The average Bonchev–Trinajstić information content (AvgIpc) is 2.35. The van der Waals surface area contributed by atoms with Gasteiger partial charge in [-0.25, -0.2) is 0 Å². The van der Waals surface area contributed by atoms with Gasteiger partial charge >= 0.3 is 5.92 Å². The fourth-order valence-corrected chi connectivity index (χ4v) is 1.44. The lowest BCUT2D eigenvalue weighted by Gasteiger charge is -2.22. The molecule has 0 aliphatic rings. The Hall–Kier alpha value is -1.69. The number of alkyl halides is 2. The summed E-state index contributed by atoms with van der Waals surface area (Å²) in [5.74, 6) is -5.41. The second-order valence-corrected chi connectivity index (χ2v) is 3.91. The molecule has 0 fully saturated rings. The molecule has 1 rings (SSSR count). The zero-order valence-corrected chi connectivity index (χ0v) is 9.99. The van der Waals surface area contributed by atoms with E-state index < -0.39 is 17.9 Å². The van der Waals surface area contributed by atoms with E-state index in [9.17, 15) is 18.7 Å². The Morgan fingerprint density at radius 1 is 1.50 bits per heavy atom. The van der Waals surface area contributed by atoms with Crippen LogP contribution in [0.3, 0.4) is 0 Å². The van der Waals surface area contributed by atoms with E-state index in [1.54, 1.807) is 13.0 Å². The fourth-order valence-electron chi connectivity index (χ4n) is 1.44. The predicted octanol–water partition coefficient (Wildman–Crippen LogP) is 1.46. The van der Waals surface area contributed by atoms with Gasteiger partial charge in [0, 0.05) is 17.8 Å². The van der Waals surface area contributed by atoms with Crippen LogP contribution in [-0.2, 0) is 4.79 Å². The van der Waals surface area contributed by atoms with Gasteiger partial charge in [0.2, 0.25) is 0 Å². The van der Waals surface area contributed by atoms with Crippen LogP contribution in [0.2, 0.25) is 0 Å². The number of benzene rings is 1. The first-order valence-electron chi connectivity index (χ1n) is 5.59. The van der Waals surface area contributed by atoms with E-state index in [-0.39, 0.29) is 17.8 Å². The SMILES string of the molecule is CCCNC(=O)C(F)(F)C(O)c1ccccc1N. The number of rotatable bonds is 5. The molecule has 4 nitrogen and oxygen atoms in total. The molecular weight excluding hydrogens is 242 g/mol. The van der Waals surface area contributed by atoms with Gasteiger partial charge in [0.25, 0.3) is 5.91 Å². The van der Waals surface area contributed by atoms with Crippen LogP contribution in [0.1, 0.15) is 25.0 Å². The second-order valence-electron chi connectivity index (χ2n) is 3.91. The molecule has 0 heterocycles. The molecule has 0 saturated carbocycles. The lowest BCUT2D eigenvalue weighted by Crippen LogP contribution is -2.44. The summed E-state index contributed by atoms with van der Waals surface area (Å²) in [4.78, 5) is 11.3. The Morgan fingerprint density at radius 3 is 2.67 bits per heavy atom. The molecule has 100 valence electrons. The topological polar surface area (TPSA) is 75.3 Å². The van der Waals surface area contributed by atoms with Crippen LogP contribution in [0.25, 0.3) is 0 Å². The van der Waals surface area contributed by atoms with Crippen molar-refractivity contribution in [3.8, 4) is 0 Å². The Labute approximate surface area is 104 Å². The van der Waals surface area contributed by atoms with Gasteiger partial charge in [-0.05, 0) is 12.5 Å². The van der Waals surface area contributed by atoms with Crippen molar-refractivity contribution in [3.05, 3.63) is 29.8 Å². The van der Waals surface area contributed by atoms with Crippen molar-refractivity contribution in [1.82, 2.24) is 5.32 Å². The maximum atomic E-state index is 13.7. The molecule has 1 aromatic rings. The molecule has 0 aliphatic heterocycles. The molecule has 0 saturated heterocycles. The summed E-state index contributed by atoms with van der Waals surface area (Å²) >= 11 is 0. The highest BCUT2D eigenvalue weighted by molar-refractivity contribution is 5.84. The number of para-hydroxylation sites is 1. The summed E-state index contributed by atoms with van der Waals surface area (Å²) in [5, 5.41) is 11.7. The minimum Gasteiger partial charge on any atom is -0.398 e. The van der Waals surface area contributed by atoms with Crippen molar-refractivity contribution >= 4 is 11.6 Å². The molecule has 1 aromatic carbocycles. The Kier molecular flexibility index (Phi) is 4.61. The summed E-state index contributed by atoms with van der Waals surface area (Å²) in [7, 11) is 0. The average molecular weight is 258 g/mol. The molecule has 0 aromatic heterocycles. The highest BCUT2D eigenvalue weighted by atomic mass is 19.3. The number of nitrogens with two attached hydrogens (primary N) is 1. The van der Waals surface area contributed by atoms with Gasteiger partial charge in [0.05, 0.1) is 0 Å². The van der Waals surface area contributed by atoms with E-state index in [4.69, 9.17) is 5.73 Å². The molecule has 6 heteroatoms. The monoisotopic (exact) mass is 258 g/mol. The summed E-state index contributed by atoms with van der Waals surface area (Å²) in [5.41, 5.74) is 5.36. The third-order valence-electron chi connectivity index (χ3n) is 2.47. The Morgan fingerprint density at radius 2 is 2.11 bits per heavy atom. The highest BCUT2D eigenvalue weighted by Gasteiger charge is 2.47. The maximum absolute atomic E-state index is 13.7. The van der Waals surface area contributed by atoms with Crippen LogP contribution in [0, 0.1) is 0 Å². The van der Waals surface area contributed by atoms with Crippen molar-refractivity contribution in [2.45, 2.75) is 25.4 Å². The van der Waals surface area contributed by atoms with E-state index in [1.807, 2.05) is 0 Å². The van der Waals surface area contributed by atoms with E-state index in [1.165, 1.54) is 18.2 Å². The largest absolute Gasteiger partial charge is 0.398 e. The number of nitrogens with one attached hydrogen (secondary N) is 1. The van der Waals surface area contributed by atoms with E-state index in [0.29, 0.717) is 6.42 Å². The van der Waals surface area contributed by atoms with Crippen LogP contribution >= 0.6 is 0 Å². The van der Waals surface area contributed by atoms with Gasteiger partial charge in [0.1, 0.15) is 0 Å². The van der Waals surface area contributed by atoms with Gasteiger partial charge in [-0.3, -0.25) is 4.79 Å². The second kappa shape index (κ2) is 5.77. The Balaban J connectivity index is 2.91. The highest BCUT2D eigenvalue weighted by Crippen LogP contribution is 2.34. The molecule has 1 amide bonds. The molecule has 0 spiro atoms. The number of carbonyl (C=O) groups is 1. The number of halogens is 2. The zero-order chi connectivity index (χ0) is 13.8. The van der Waals surface area contributed by atoms with Crippen molar-refractivity contribution in [2.24, 2.45) is 0 Å². The van der Waals surface area contributed by atoms with E-state index >= 15 is 0 Å². The van der Waals surface area contributed by atoms with E-state index in [2.05, 4.69) is 5.32 Å². The molecule has 0 bridgehead atoms. The normalized spacial score (nSPS) is 13.1. The zero-order valence-electron chi connectivity index (χ0n) is 9.99. The molecule has 4 N–H and O–H groups in total. The minimum absolute atomic E-state index is 0.0213. The predicted molar refractivity (Wildman–Crippen MR) is 64.1 cm³/mol. The third kappa shape index (κ3) is 2.95. The van der Waals surface area contributed by atoms with Gasteiger partial charge in [-0.15, -0.1) is 0 Å². The maximum Gasteiger partial charge on any atom is 0.353 e.